The van der Waals surface area contributed by atoms with Crippen LogP contribution < -0.4 is 4.74 Å². The number of carbonyl (C=O) groups excluding carboxylic acids is 1. The molecule has 0 aliphatic rings. The van der Waals surface area contributed by atoms with E-state index in [1.54, 1.807) is 12.1 Å². The van der Waals surface area contributed by atoms with Crippen molar-refractivity contribution < 1.29 is 14.7 Å². The fraction of sp³-hybridized carbons (Fsp3) is 0.500. The van der Waals surface area contributed by atoms with Gasteiger partial charge in [-0.1, -0.05) is 19.0 Å². The van der Waals surface area contributed by atoms with Gasteiger partial charge in [0, 0.05) is 24.4 Å². The van der Waals surface area contributed by atoms with Gasteiger partial charge in [-0.25, -0.2) is 4.98 Å². The molecule has 0 radical (unpaired) electrons. The Balaban J connectivity index is 0.00000400. The number of ether oxygens (including phenoxy) is 1. The maximum Gasteiger partial charge on any atom is 0.213 e. The number of ketones is 1. The van der Waals surface area contributed by atoms with Gasteiger partial charge >= 0.3 is 0 Å². The van der Waals surface area contributed by atoms with Crippen molar-refractivity contribution in [2.45, 2.75) is 20.3 Å². The van der Waals surface area contributed by atoms with Crippen LogP contribution in [0.5, 0.6) is 5.88 Å². The first-order valence-electron chi connectivity index (χ1n) is 6.74. The molecule has 1 aromatic heterocycles. The normalized spacial score (nSPS) is 10.6. The summed E-state index contributed by atoms with van der Waals surface area (Å²) in [6.45, 7) is 7.94. The predicted octanol–water partition coefficient (Wildman–Crippen LogP) is 2.26. The molecule has 0 saturated heterocycles. The first kappa shape index (κ1) is 19.3. The highest BCUT2D eigenvalue weighted by Gasteiger charge is 2.04. The van der Waals surface area contributed by atoms with E-state index in [4.69, 9.17) is 9.94 Å². The monoisotopic (exact) mass is 315 g/mol. The maximum absolute atomic E-state index is 11.4. The average molecular weight is 316 g/mol. The Bertz CT molecular complexity index is 434. The number of nitrogens with zero attached hydrogens (tertiary/aromatic N) is 3. The third-order valence-corrected chi connectivity index (χ3v) is 2.96. The summed E-state index contributed by atoms with van der Waals surface area (Å²) in [6, 6.07) is 3.23. The fourth-order valence-corrected chi connectivity index (χ4v) is 1.74. The van der Waals surface area contributed by atoms with E-state index < -0.39 is 5.78 Å². The van der Waals surface area contributed by atoms with E-state index in [-0.39, 0.29) is 12.4 Å². The van der Waals surface area contributed by atoms with Crippen molar-refractivity contribution >= 4 is 24.4 Å². The van der Waals surface area contributed by atoms with Crippen LogP contribution in [0, 0.1) is 0 Å². The maximum atomic E-state index is 11.4. The third kappa shape index (κ3) is 7.06. The van der Waals surface area contributed by atoms with Gasteiger partial charge in [-0.3, -0.25) is 4.79 Å². The molecular formula is C14H22ClN3O3. The van der Waals surface area contributed by atoms with Crippen LogP contribution in [0.1, 0.15) is 30.6 Å². The highest BCUT2D eigenvalue weighted by atomic mass is 35.5. The van der Waals surface area contributed by atoms with Crippen molar-refractivity contribution in [2.24, 2.45) is 5.16 Å². The predicted molar refractivity (Wildman–Crippen MR) is 84.0 cm³/mol. The number of carbonyl (C=O) groups is 1. The number of aromatic nitrogens is 1. The van der Waals surface area contributed by atoms with Gasteiger partial charge in [-0.15, -0.1) is 12.4 Å². The van der Waals surface area contributed by atoms with Crippen LogP contribution in [-0.2, 0) is 0 Å². The lowest BCUT2D eigenvalue weighted by molar-refractivity contribution is 0.106. The molecule has 6 nitrogen and oxygen atoms in total. The Labute approximate surface area is 131 Å². The van der Waals surface area contributed by atoms with Crippen LogP contribution >= 0.6 is 12.4 Å². The molecule has 0 saturated carbocycles. The van der Waals surface area contributed by atoms with E-state index in [0.29, 0.717) is 18.1 Å². The number of pyridine rings is 1. The minimum atomic E-state index is -0.395. The van der Waals surface area contributed by atoms with Gasteiger partial charge in [-0.05, 0) is 25.6 Å². The summed E-state index contributed by atoms with van der Waals surface area (Å²) >= 11 is 0. The van der Waals surface area contributed by atoms with Crippen molar-refractivity contribution in [3.63, 3.8) is 0 Å². The molecule has 0 spiro atoms. The van der Waals surface area contributed by atoms with Crippen molar-refractivity contribution in [2.75, 3.05) is 26.2 Å². The van der Waals surface area contributed by atoms with E-state index in [9.17, 15) is 4.79 Å². The molecule has 0 aliphatic heterocycles. The molecule has 0 unspecified atom stereocenters. The van der Waals surface area contributed by atoms with Gasteiger partial charge in [0.15, 0.2) is 0 Å². The molecule has 0 bridgehead atoms. The van der Waals surface area contributed by atoms with E-state index in [2.05, 4.69) is 28.9 Å². The first-order valence-corrected chi connectivity index (χ1v) is 6.74. The number of rotatable bonds is 9. The zero-order valence-electron chi connectivity index (χ0n) is 12.4. The molecule has 1 aromatic rings. The van der Waals surface area contributed by atoms with Gasteiger partial charge in [0.05, 0.1) is 6.61 Å². The largest absolute Gasteiger partial charge is 0.478 e. The molecule has 0 amide bonds. The molecule has 0 aliphatic carbocycles. The van der Waals surface area contributed by atoms with Crippen LogP contribution in [0.4, 0.5) is 0 Å². The molecule has 0 atom stereocenters. The first-order chi connectivity index (χ1) is 9.71. The second kappa shape index (κ2) is 11.0. The van der Waals surface area contributed by atoms with Crippen molar-refractivity contribution in [3.05, 3.63) is 23.9 Å². The molecule has 7 heteroatoms. The smallest absolute Gasteiger partial charge is 0.213 e. The molecule has 118 valence electrons. The van der Waals surface area contributed by atoms with Crippen LogP contribution in [0.25, 0.3) is 0 Å². The number of hydrogen-bond donors (Lipinski definition) is 1. The second-order valence-electron chi connectivity index (χ2n) is 4.22. The SMILES string of the molecule is CCN(CC)CCCOc1ccc(C(=O)C=NO)cn1.Cl. The van der Waals surface area contributed by atoms with Crippen LogP contribution in [-0.4, -0.2) is 53.3 Å². The summed E-state index contributed by atoms with van der Waals surface area (Å²) in [7, 11) is 0. The molecule has 0 fully saturated rings. The summed E-state index contributed by atoms with van der Waals surface area (Å²) in [4.78, 5) is 17.7. The van der Waals surface area contributed by atoms with Crippen molar-refractivity contribution in [1.82, 2.24) is 9.88 Å². The van der Waals surface area contributed by atoms with E-state index in [1.165, 1.54) is 6.20 Å². The Hall–Kier alpha value is -1.66. The summed E-state index contributed by atoms with van der Waals surface area (Å²) in [5.74, 6) is 0.0927. The quantitative estimate of drug-likeness (QED) is 0.249. The Morgan fingerprint density at radius 1 is 1.43 bits per heavy atom. The molecule has 1 heterocycles. The van der Waals surface area contributed by atoms with Gasteiger partial charge in [-0.2, -0.15) is 0 Å². The summed E-state index contributed by atoms with van der Waals surface area (Å²) in [5, 5.41) is 11.0. The highest BCUT2D eigenvalue weighted by molar-refractivity contribution is 6.35. The Morgan fingerprint density at radius 2 is 2.14 bits per heavy atom. The van der Waals surface area contributed by atoms with Crippen LogP contribution in [0.2, 0.25) is 0 Å². The minimum Gasteiger partial charge on any atom is -0.478 e. The van der Waals surface area contributed by atoms with Crippen molar-refractivity contribution in [3.8, 4) is 5.88 Å². The molecule has 21 heavy (non-hydrogen) atoms. The lowest BCUT2D eigenvalue weighted by atomic mass is 10.2. The van der Waals surface area contributed by atoms with Gasteiger partial charge < -0.3 is 14.8 Å². The second-order valence-corrected chi connectivity index (χ2v) is 4.22. The zero-order chi connectivity index (χ0) is 14.8. The van der Waals surface area contributed by atoms with E-state index in [1.807, 2.05) is 0 Å². The Morgan fingerprint density at radius 3 is 2.67 bits per heavy atom. The van der Waals surface area contributed by atoms with Gasteiger partial charge in [0.25, 0.3) is 0 Å². The molecule has 1 rings (SSSR count). The van der Waals surface area contributed by atoms with Crippen LogP contribution in [0.3, 0.4) is 0 Å². The molecular weight excluding hydrogens is 294 g/mol. The Kier molecular flexibility index (Phi) is 10.2. The number of Topliss-reactive ketones (excluding diaryl/α,β-unsaturated/α-hetero) is 1. The highest BCUT2D eigenvalue weighted by Crippen LogP contribution is 2.08. The zero-order valence-corrected chi connectivity index (χ0v) is 13.2. The average Bonchev–Trinajstić information content (AvgIpc) is 2.48. The minimum absolute atomic E-state index is 0. The topological polar surface area (TPSA) is 75.0 Å². The van der Waals surface area contributed by atoms with E-state index in [0.717, 1.165) is 32.3 Å². The molecule has 1 N–H and O–H groups in total. The summed E-state index contributed by atoms with van der Waals surface area (Å²) in [6.07, 6.45) is 3.17. The summed E-state index contributed by atoms with van der Waals surface area (Å²) in [5.41, 5.74) is 0.360. The van der Waals surface area contributed by atoms with Crippen molar-refractivity contribution in [1.29, 1.82) is 0 Å². The lowest BCUT2D eigenvalue weighted by Crippen LogP contribution is -2.25. The third-order valence-electron chi connectivity index (χ3n) is 2.96. The lowest BCUT2D eigenvalue weighted by Gasteiger charge is -2.17. The van der Waals surface area contributed by atoms with Crippen LogP contribution in [0.15, 0.2) is 23.5 Å². The van der Waals surface area contributed by atoms with Gasteiger partial charge in [0.1, 0.15) is 6.21 Å². The number of halogens is 1. The number of oxime groups is 1. The van der Waals surface area contributed by atoms with Gasteiger partial charge in [0.2, 0.25) is 11.7 Å². The van der Waals surface area contributed by atoms with E-state index >= 15 is 0 Å². The standard InChI is InChI=1S/C14H21N3O3.ClH/c1-3-17(4-2)8-5-9-20-14-7-6-12(10-15-14)13(18)11-16-19;/h6-7,10-11,19H,3-5,8-9H2,1-2H3;1H. The molecule has 0 aromatic carbocycles. The number of hydrogen-bond acceptors (Lipinski definition) is 6. The summed E-state index contributed by atoms with van der Waals surface area (Å²) < 4.78 is 5.51. The fourth-order valence-electron chi connectivity index (χ4n) is 1.74.